The monoisotopic (exact) mass is 842 g/mol. The van der Waals surface area contributed by atoms with Gasteiger partial charge in [0.25, 0.3) is 0 Å². The molecule has 2 unspecified atom stereocenters. The van der Waals surface area contributed by atoms with E-state index in [1.165, 1.54) is 13.2 Å². The lowest BCUT2D eigenvalue weighted by Crippen LogP contribution is -2.57. The van der Waals surface area contributed by atoms with Crippen molar-refractivity contribution in [1.82, 2.24) is 25.2 Å². The summed E-state index contributed by atoms with van der Waals surface area (Å²) in [6.07, 6.45) is 4.24. The van der Waals surface area contributed by atoms with E-state index >= 15 is 8.78 Å². The van der Waals surface area contributed by atoms with Crippen LogP contribution in [0.3, 0.4) is 0 Å². The molecule has 0 spiro atoms. The first kappa shape index (κ1) is 43.5. The molecule has 3 saturated heterocycles. The number of piperazine rings is 1. The maximum atomic E-state index is 17.7. The molecule has 4 aromatic rings. The highest BCUT2D eigenvalue weighted by Crippen LogP contribution is 2.43. The minimum atomic E-state index is -2.29. The molecule has 11 nitrogen and oxygen atoms in total. The number of amides is 1. The zero-order chi connectivity index (χ0) is 43.1. The molecule has 2 atom stereocenters. The average Bonchev–Trinajstić information content (AvgIpc) is 3.46. The van der Waals surface area contributed by atoms with E-state index in [9.17, 15) is 4.79 Å². The van der Waals surface area contributed by atoms with Gasteiger partial charge in [0.2, 0.25) is 0 Å². The summed E-state index contributed by atoms with van der Waals surface area (Å²) in [5.74, 6) is 3.03. The molecule has 1 N–H and O–H groups in total. The van der Waals surface area contributed by atoms with Crippen LogP contribution in [0.2, 0.25) is 16.6 Å². The van der Waals surface area contributed by atoms with Crippen molar-refractivity contribution >= 4 is 41.7 Å². The highest BCUT2D eigenvalue weighted by molar-refractivity contribution is 6.90. The van der Waals surface area contributed by atoms with Gasteiger partial charge in [0.15, 0.2) is 12.6 Å². The van der Waals surface area contributed by atoms with E-state index in [1.54, 1.807) is 24.4 Å². The molecule has 322 valence electrons. The quantitative estimate of drug-likeness (QED) is 0.0942. The highest BCUT2D eigenvalue weighted by atomic mass is 28.3. The number of methoxy groups -OCH3 is 1. The maximum absolute atomic E-state index is 17.7. The molecule has 0 saturated carbocycles. The second-order valence-electron chi connectivity index (χ2n) is 18.4. The van der Waals surface area contributed by atoms with Crippen LogP contribution in [0.15, 0.2) is 30.5 Å². The van der Waals surface area contributed by atoms with Crippen molar-refractivity contribution in [2.24, 2.45) is 0 Å². The number of nitrogens with zero attached hydrogens (tertiary/aromatic N) is 5. The van der Waals surface area contributed by atoms with E-state index in [2.05, 4.69) is 63.2 Å². The molecule has 3 aliphatic heterocycles. The van der Waals surface area contributed by atoms with Crippen LogP contribution in [-0.2, 0) is 9.47 Å². The van der Waals surface area contributed by atoms with E-state index < -0.39 is 25.3 Å². The predicted octanol–water partition coefficient (Wildman–Crippen LogP) is 9.39. The molecular formula is C46H60F2N6O5Si. The first-order chi connectivity index (χ1) is 28.5. The van der Waals surface area contributed by atoms with Crippen LogP contribution < -0.4 is 19.7 Å². The van der Waals surface area contributed by atoms with E-state index in [4.69, 9.17) is 33.9 Å². The van der Waals surface area contributed by atoms with Crippen LogP contribution in [0.5, 0.6) is 11.8 Å². The SMILES string of the molecule is COCOc1cc(-c2ncc3c(N4CC5CCC(C4)N5C(=O)OC(C)(C)C)nc(OC4CCNCC4)nc3c2F)c2c(C#C[Si](C(C)C)(C(C)C)C(C)C)c(F)ccc2c1. The summed E-state index contributed by atoms with van der Waals surface area (Å²) < 4.78 is 57.3. The van der Waals surface area contributed by atoms with E-state index in [0.29, 0.717) is 63.0 Å². The van der Waals surface area contributed by atoms with Gasteiger partial charge in [-0.3, -0.25) is 9.88 Å². The fourth-order valence-corrected chi connectivity index (χ4v) is 15.0. The van der Waals surface area contributed by atoms with Gasteiger partial charge in [-0.15, -0.1) is 5.54 Å². The first-order valence-corrected chi connectivity index (χ1v) is 23.7. The van der Waals surface area contributed by atoms with Crippen LogP contribution in [-0.4, -0.2) is 97.9 Å². The van der Waals surface area contributed by atoms with Crippen LogP contribution >= 0.6 is 0 Å². The lowest BCUT2D eigenvalue weighted by Gasteiger charge is -2.42. The third-order valence-electron chi connectivity index (χ3n) is 12.5. The smallest absolute Gasteiger partial charge is 0.410 e. The number of fused-ring (bicyclic) bond motifs is 4. The Morgan fingerprint density at radius 2 is 1.63 bits per heavy atom. The van der Waals surface area contributed by atoms with E-state index in [1.807, 2.05) is 25.7 Å². The van der Waals surface area contributed by atoms with Gasteiger partial charge in [-0.2, -0.15) is 9.97 Å². The molecule has 3 aliphatic rings. The molecule has 2 aromatic heterocycles. The third kappa shape index (κ3) is 8.50. The first-order valence-electron chi connectivity index (χ1n) is 21.4. The topological polar surface area (TPSA) is 111 Å². The summed E-state index contributed by atoms with van der Waals surface area (Å²) in [5.41, 5.74) is 4.53. The zero-order valence-electron chi connectivity index (χ0n) is 36.7. The molecule has 2 aromatic carbocycles. The molecule has 14 heteroatoms. The summed E-state index contributed by atoms with van der Waals surface area (Å²) in [4.78, 5) is 31.8. The third-order valence-corrected chi connectivity index (χ3v) is 18.8. The molecule has 0 aliphatic carbocycles. The minimum absolute atomic E-state index is 0.0297. The summed E-state index contributed by atoms with van der Waals surface area (Å²) in [5, 5.41) is 4.82. The van der Waals surface area contributed by atoms with Crippen LogP contribution in [0, 0.1) is 23.1 Å². The zero-order valence-corrected chi connectivity index (χ0v) is 37.7. The molecule has 0 radical (unpaired) electrons. The van der Waals surface area contributed by atoms with Crippen molar-refractivity contribution in [2.45, 2.75) is 128 Å². The number of halogens is 2. The number of benzene rings is 2. The largest absolute Gasteiger partial charge is 0.468 e. The van der Waals surface area contributed by atoms with Gasteiger partial charge < -0.3 is 29.2 Å². The number of anilines is 1. The lowest BCUT2D eigenvalue weighted by molar-refractivity contribution is 0.0122. The minimum Gasteiger partial charge on any atom is -0.468 e. The predicted molar refractivity (Wildman–Crippen MR) is 234 cm³/mol. The number of nitrogens with one attached hydrogen (secondary N) is 1. The van der Waals surface area contributed by atoms with E-state index in [0.717, 1.165) is 38.8 Å². The summed E-state index contributed by atoms with van der Waals surface area (Å²) >= 11 is 0. The second kappa shape index (κ2) is 17.4. The molecule has 5 heterocycles. The van der Waals surface area contributed by atoms with Gasteiger partial charge in [0, 0.05) is 37.3 Å². The Hall–Kier alpha value is -4.58. The van der Waals surface area contributed by atoms with Gasteiger partial charge in [-0.05, 0) is 99.8 Å². The number of aromatic nitrogens is 3. The van der Waals surface area contributed by atoms with Gasteiger partial charge >= 0.3 is 12.1 Å². The Kier molecular flexibility index (Phi) is 12.6. The average molecular weight is 843 g/mol. The standard InChI is InChI=1S/C46H60F2N6O5Si/c1-27(2)60(28(3)4,29(5)6)20-17-35-38(47)14-11-30-21-34(57-26-56-10)22-36(39(30)35)41-40(48)42-37(23-50-41)43(52-44(51-42)58-33-15-18-49-19-16-33)53-24-31-12-13-32(25-53)54(31)45(55)59-46(7,8)9/h11,14,21-23,27-29,31-33,49H,12-13,15-16,18-19,24-26H2,1-10H3. The molecular weight excluding hydrogens is 783 g/mol. The highest BCUT2D eigenvalue weighted by Gasteiger charge is 2.45. The summed E-state index contributed by atoms with van der Waals surface area (Å²) in [6, 6.07) is 6.36. The number of pyridine rings is 1. The van der Waals surface area contributed by atoms with Crippen molar-refractivity contribution in [3.05, 3.63) is 47.7 Å². The summed E-state index contributed by atoms with van der Waals surface area (Å²) in [6.45, 7) is 21.3. The van der Waals surface area contributed by atoms with Crippen molar-refractivity contribution in [3.63, 3.8) is 0 Å². The lowest BCUT2D eigenvalue weighted by atomic mass is 9.95. The van der Waals surface area contributed by atoms with Crippen molar-refractivity contribution in [1.29, 1.82) is 0 Å². The number of carbonyl (C=O) groups is 1. The number of ether oxygens (including phenoxy) is 4. The van der Waals surface area contributed by atoms with Gasteiger partial charge in [-0.25, -0.2) is 13.6 Å². The van der Waals surface area contributed by atoms with Gasteiger partial charge in [0.05, 0.1) is 23.0 Å². The van der Waals surface area contributed by atoms with Crippen LogP contribution in [0.4, 0.5) is 19.4 Å². The van der Waals surface area contributed by atoms with Crippen molar-refractivity contribution < 1.29 is 32.5 Å². The maximum Gasteiger partial charge on any atom is 0.410 e. The Balaban J connectivity index is 1.40. The molecule has 7 rings (SSSR count). The Labute approximate surface area is 353 Å². The molecule has 2 bridgehead atoms. The summed E-state index contributed by atoms with van der Waals surface area (Å²) in [7, 11) is -0.773. The number of piperidine rings is 1. The van der Waals surface area contributed by atoms with Crippen molar-refractivity contribution in [2.75, 3.05) is 45.0 Å². The van der Waals surface area contributed by atoms with Crippen LogP contribution in [0.25, 0.3) is 32.9 Å². The fourth-order valence-electron chi connectivity index (χ4n) is 9.79. The normalized spacial score (nSPS) is 18.8. The Morgan fingerprint density at radius 1 is 0.967 bits per heavy atom. The Bertz CT molecular complexity index is 2260. The number of hydrogen-bond donors (Lipinski definition) is 1. The molecule has 1 amide bonds. The molecule has 60 heavy (non-hydrogen) atoms. The second-order valence-corrected chi connectivity index (χ2v) is 24.0. The van der Waals surface area contributed by atoms with Crippen LogP contribution in [0.1, 0.15) is 93.6 Å². The number of rotatable bonds is 10. The van der Waals surface area contributed by atoms with Gasteiger partial charge in [0.1, 0.15) is 48.4 Å². The fraction of sp³-hybridized carbons (Fsp3) is 0.565. The van der Waals surface area contributed by atoms with Gasteiger partial charge in [-0.1, -0.05) is 53.5 Å². The van der Waals surface area contributed by atoms with E-state index in [-0.39, 0.29) is 53.9 Å². The molecule has 3 fully saturated rings. The Morgan fingerprint density at radius 3 is 2.25 bits per heavy atom. The van der Waals surface area contributed by atoms with Crippen molar-refractivity contribution in [3.8, 4) is 34.5 Å². The number of carbonyl (C=O) groups excluding carboxylic acids is 1. The number of hydrogen-bond acceptors (Lipinski definition) is 10.